The Bertz CT molecular complexity index is 420. The maximum atomic E-state index is 3.55. The van der Waals surface area contributed by atoms with E-state index >= 15 is 0 Å². The summed E-state index contributed by atoms with van der Waals surface area (Å²) in [4.78, 5) is 2.72. The highest BCUT2D eigenvalue weighted by molar-refractivity contribution is 5.26. The molecule has 0 aliphatic heterocycles. The van der Waals surface area contributed by atoms with Gasteiger partial charge in [-0.3, -0.25) is 4.90 Å². The summed E-state index contributed by atoms with van der Waals surface area (Å²) in [6.07, 6.45) is 3.87. The van der Waals surface area contributed by atoms with Gasteiger partial charge in [0.2, 0.25) is 0 Å². The third kappa shape index (κ3) is 4.31. The second kappa shape index (κ2) is 7.42. The summed E-state index contributed by atoms with van der Waals surface area (Å²) in [6.45, 7) is 10.5. The van der Waals surface area contributed by atoms with Gasteiger partial charge in [0.05, 0.1) is 0 Å². The zero-order chi connectivity index (χ0) is 15.4. The minimum atomic E-state index is 0.412. The van der Waals surface area contributed by atoms with E-state index in [4.69, 9.17) is 0 Å². The molecule has 1 aliphatic carbocycles. The van der Waals surface area contributed by atoms with Crippen LogP contribution in [0.15, 0.2) is 24.3 Å². The van der Waals surface area contributed by atoms with Gasteiger partial charge in [0.1, 0.15) is 0 Å². The molecule has 0 aromatic heterocycles. The fourth-order valence-electron chi connectivity index (χ4n) is 3.31. The van der Waals surface area contributed by atoms with E-state index in [9.17, 15) is 0 Å². The van der Waals surface area contributed by atoms with Crippen LogP contribution in [0.25, 0.3) is 0 Å². The number of hydrogen-bond donors (Lipinski definition) is 1. The summed E-state index contributed by atoms with van der Waals surface area (Å²) in [6, 6.07) is 10.9. The lowest BCUT2D eigenvalue weighted by Crippen LogP contribution is -2.45. The molecule has 0 heterocycles. The van der Waals surface area contributed by atoms with Crippen LogP contribution < -0.4 is 5.32 Å². The number of hydrogen-bond acceptors (Lipinski definition) is 2. The third-order valence-electron chi connectivity index (χ3n) is 4.66. The van der Waals surface area contributed by atoms with Gasteiger partial charge in [-0.1, -0.05) is 45.0 Å². The van der Waals surface area contributed by atoms with Crippen molar-refractivity contribution in [2.24, 2.45) is 5.92 Å². The van der Waals surface area contributed by atoms with E-state index in [1.807, 2.05) is 0 Å². The molecule has 0 amide bonds. The molecule has 21 heavy (non-hydrogen) atoms. The number of likely N-dealkylation sites (N-methyl/N-ethyl adjacent to an activating group) is 1. The molecular formula is C19H32N2. The average Bonchev–Trinajstić information content (AvgIpc) is 3.30. The second-order valence-electron chi connectivity index (χ2n) is 6.92. The molecule has 1 saturated carbocycles. The second-order valence-corrected chi connectivity index (χ2v) is 6.92. The number of nitrogens with one attached hydrogen (secondary N) is 1. The fraction of sp³-hybridized carbons (Fsp3) is 0.684. The van der Waals surface area contributed by atoms with Crippen LogP contribution in [-0.2, 0) is 6.42 Å². The topological polar surface area (TPSA) is 15.3 Å². The molecule has 1 fully saturated rings. The standard InChI is InChI=1S/C19H32N2/c1-6-16-7-9-17(10-8-16)19(20-5)15(4)21(13-14(2)3)18-11-12-18/h7-10,14-15,18-20H,6,11-13H2,1-5H3. The van der Waals surface area contributed by atoms with Crippen molar-refractivity contribution in [1.29, 1.82) is 0 Å². The van der Waals surface area contributed by atoms with Gasteiger partial charge < -0.3 is 5.32 Å². The average molecular weight is 288 g/mol. The Morgan fingerprint density at radius 2 is 1.76 bits per heavy atom. The van der Waals surface area contributed by atoms with Crippen molar-refractivity contribution < 1.29 is 0 Å². The van der Waals surface area contributed by atoms with Crippen molar-refractivity contribution >= 4 is 0 Å². The molecule has 0 spiro atoms. The van der Waals surface area contributed by atoms with Crippen molar-refractivity contribution in [3.63, 3.8) is 0 Å². The Kier molecular flexibility index (Phi) is 5.83. The van der Waals surface area contributed by atoms with Gasteiger partial charge in [-0.05, 0) is 50.3 Å². The lowest BCUT2D eigenvalue weighted by atomic mass is 9.97. The maximum Gasteiger partial charge on any atom is 0.0473 e. The van der Waals surface area contributed by atoms with E-state index in [2.05, 4.69) is 69.2 Å². The third-order valence-corrected chi connectivity index (χ3v) is 4.66. The van der Waals surface area contributed by atoms with Crippen molar-refractivity contribution in [2.75, 3.05) is 13.6 Å². The normalized spacial score (nSPS) is 18.2. The summed E-state index contributed by atoms with van der Waals surface area (Å²) in [7, 11) is 2.09. The Hall–Kier alpha value is -0.860. The maximum absolute atomic E-state index is 3.55. The number of rotatable bonds is 8. The summed E-state index contributed by atoms with van der Waals surface area (Å²) in [5.41, 5.74) is 2.83. The van der Waals surface area contributed by atoms with Crippen LogP contribution in [0.3, 0.4) is 0 Å². The van der Waals surface area contributed by atoms with Gasteiger partial charge in [-0.25, -0.2) is 0 Å². The highest BCUT2D eigenvalue weighted by Gasteiger charge is 2.35. The van der Waals surface area contributed by atoms with Crippen LogP contribution in [0.1, 0.15) is 57.7 Å². The first kappa shape index (κ1) is 16.5. The Morgan fingerprint density at radius 3 is 2.19 bits per heavy atom. The summed E-state index contributed by atoms with van der Waals surface area (Å²) < 4.78 is 0. The van der Waals surface area contributed by atoms with Crippen molar-refractivity contribution in [3.05, 3.63) is 35.4 Å². The van der Waals surface area contributed by atoms with Gasteiger partial charge >= 0.3 is 0 Å². The van der Waals surface area contributed by atoms with E-state index in [1.165, 1.54) is 30.5 Å². The molecule has 1 N–H and O–H groups in total. The summed E-state index contributed by atoms with van der Waals surface area (Å²) in [5, 5.41) is 3.55. The molecule has 2 nitrogen and oxygen atoms in total. The molecule has 0 saturated heterocycles. The van der Waals surface area contributed by atoms with Gasteiger partial charge in [0.15, 0.2) is 0 Å². The molecule has 0 bridgehead atoms. The predicted octanol–water partition coefficient (Wildman–Crippen LogP) is 4.02. The first-order valence-corrected chi connectivity index (χ1v) is 8.58. The van der Waals surface area contributed by atoms with Crippen LogP contribution >= 0.6 is 0 Å². The first-order valence-electron chi connectivity index (χ1n) is 8.58. The quantitative estimate of drug-likeness (QED) is 0.777. The largest absolute Gasteiger partial charge is 0.312 e. The van der Waals surface area contributed by atoms with Crippen LogP contribution in [0.2, 0.25) is 0 Å². The molecule has 2 rings (SSSR count). The molecular weight excluding hydrogens is 256 g/mol. The van der Waals surface area contributed by atoms with E-state index in [1.54, 1.807) is 0 Å². The van der Waals surface area contributed by atoms with E-state index < -0.39 is 0 Å². The molecule has 2 heteroatoms. The van der Waals surface area contributed by atoms with Gasteiger partial charge in [-0.2, -0.15) is 0 Å². The molecule has 118 valence electrons. The monoisotopic (exact) mass is 288 g/mol. The summed E-state index contributed by atoms with van der Waals surface area (Å²) >= 11 is 0. The van der Waals surface area contributed by atoms with Gasteiger partial charge in [-0.15, -0.1) is 0 Å². The Morgan fingerprint density at radius 1 is 1.14 bits per heavy atom. The molecule has 1 aliphatic rings. The number of benzene rings is 1. The van der Waals surface area contributed by atoms with Crippen molar-refractivity contribution in [2.45, 2.75) is 65.1 Å². The zero-order valence-corrected chi connectivity index (χ0v) is 14.4. The van der Waals surface area contributed by atoms with E-state index in [0.717, 1.165) is 18.4 Å². The lowest BCUT2D eigenvalue weighted by molar-refractivity contribution is 0.145. The molecule has 1 aromatic carbocycles. The Balaban J connectivity index is 2.13. The molecule has 0 radical (unpaired) electrons. The van der Waals surface area contributed by atoms with E-state index in [-0.39, 0.29) is 0 Å². The minimum Gasteiger partial charge on any atom is -0.312 e. The van der Waals surface area contributed by atoms with Crippen LogP contribution in [0.5, 0.6) is 0 Å². The first-order chi connectivity index (χ1) is 10.1. The SMILES string of the molecule is CCc1ccc(C(NC)C(C)N(CC(C)C)C2CC2)cc1. The predicted molar refractivity (Wildman–Crippen MR) is 91.6 cm³/mol. The summed E-state index contributed by atoms with van der Waals surface area (Å²) in [5.74, 6) is 0.730. The zero-order valence-electron chi connectivity index (χ0n) is 14.4. The van der Waals surface area contributed by atoms with Crippen LogP contribution in [0, 0.1) is 5.92 Å². The highest BCUT2D eigenvalue weighted by atomic mass is 15.2. The van der Waals surface area contributed by atoms with E-state index in [0.29, 0.717) is 12.1 Å². The smallest absolute Gasteiger partial charge is 0.0473 e. The number of nitrogens with zero attached hydrogens (tertiary/aromatic N) is 1. The molecule has 2 unspecified atom stereocenters. The van der Waals surface area contributed by atoms with Crippen LogP contribution in [-0.4, -0.2) is 30.6 Å². The fourth-order valence-corrected chi connectivity index (χ4v) is 3.31. The highest BCUT2D eigenvalue weighted by Crippen LogP contribution is 2.33. The minimum absolute atomic E-state index is 0.412. The Labute approximate surface area is 130 Å². The molecule has 1 aromatic rings. The van der Waals surface area contributed by atoms with Gasteiger partial charge in [0.25, 0.3) is 0 Å². The van der Waals surface area contributed by atoms with Crippen LogP contribution in [0.4, 0.5) is 0 Å². The van der Waals surface area contributed by atoms with Crippen molar-refractivity contribution in [3.8, 4) is 0 Å². The van der Waals surface area contributed by atoms with Crippen molar-refractivity contribution in [1.82, 2.24) is 10.2 Å². The lowest BCUT2D eigenvalue weighted by Gasteiger charge is -2.36. The molecule has 2 atom stereocenters. The number of aryl methyl sites for hydroxylation is 1. The van der Waals surface area contributed by atoms with Gasteiger partial charge in [0, 0.05) is 24.7 Å².